The van der Waals surface area contributed by atoms with Crippen molar-refractivity contribution in [3.05, 3.63) is 65.7 Å². The van der Waals surface area contributed by atoms with Crippen molar-refractivity contribution in [3.63, 3.8) is 0 Å². The zero-order valence-corrected chi connectivity index (χ0v) is 14.7. The van der Waals surface area contributed by atoms with E-state index >= 15 is 0 Å². The fourth-order valence-corrected chi connectivity index (χ4v) is 4.25. The molecule has 23 heavy (non-hydrogen) atoms. The fraction of sp³-hybridized carbons (Fsp3) is 0.455. The summed E-state index contributed by atoms with van der Waals surface area (Å²) in [6.07, 6.45) is 6.39. The molecule has 0 radical (unpaired) electrons. The minimum absolute atomic E-state index is 0.00825. The van der Waals surface area contributed by atoms with Crippen molar-refractivity contribution in [1.82, 2.24) is 0 Å². The lowest BCUT2D eigenvalue weighted by Crippen LogP contribution is -2.46. The molecule has 3 rings (SSSR count). The van der Waals surface area contributed by atoms with Gasteiger partial charge in [0.2, 0.25) is 0 Å². The van der Waals surface area contributed by atoms with Gasteiger partial charge in [-0.1, -0.05) is 95.0 Å². The van der Waals surface area contributed by atoms with Crippen LogP contribution in [-0.2, 0) is 11.0 Å². The van der Waals surface area contributed by atoms with Gasteiger partial charge in [-0.2, -0.15) is 0 Å². The second-order valence-electron chi connectivity index (χ2n) is 7.38. The maximum atomic E-state index is 3.93. The van der Waals surface area contributed by atoms with Crippen LogP contribution in [0.2, 0.25) is 0 Å². The molecular weight excluding hydrogens is 278 g/mol. The first-order valence-corrected chi connectivity index (χ1v) is 9.05. The smallest absolute Gasteiger partial charge is 0.0717 e. The number of fused-ring (bicyclic) bond motifs is 1. The molecule has 1 unspecified atom stereocenters. The van der Waals surface area contributed by atoms with Crippen LogP contribution in [0, 0.1) is 0 Å². The van der Waals surface area contributed by atoms with Gasteiger partial charge < -0.3 is 5.32 Å². The van der Waals surface area contributed by atoms with Crippen molar-refractivity contribution in [2.24, 2.45) is 0 Å². The number of nitrogens with one attached hydrogen (secondary N) is 1. The Morgan fingerprint density at radius 1 is 0.826 bits per heavy atom. The predicted molar refractivity (Wildman–Crippen MR) is 100.0 cm³/mol. The Bertz CT molecular complexity index is 644. The summed E-state index contributed by atoms with van der Waals surface area (Å²) < 4.78 is 0. The molecule has 1 heteroatoms. The van der Waals surface area contributed by atoms with E-state index in [9.17, 15) is 0 Å². The van der Waals surface area contributed by atoms with Crippen molar-refractivity contribution in [2.75, 3.05) is 5.32 Å². The molecule has 2 aromatic carbocycles. The van der Waals surface area contributed by atoms with E-state index in [1.165, 1.54) is 48.9 Å². The van der Waals surface area contributed by atoms with E-state index in [-0.39, 0.29) is 11.0 Å². The van der Waals surface area contributed by atoms with Gasteiger partial charge in [0.05, 0.1) is 5.54 Å². The van der Waals surface area contributed by atoms with Crippen LogP contribution in [0.3, 0.4) is 0 Å². The van der Waals surface area contributed by atoms with Gasteiger partial charge in [0.15, 0.2) is 0 Å². The monoisotopic (exact) mass is 307 g/mol. The molecule has 0 bridgehead atoms. The Kier molecular flexibility index (Phi) is 4.48. The highest BCUT2D eigenvalue weighted by Gasteiger charge is 2.52. The Morgan fingerprint density at radius 2 is 1.52 bits per heavy atom. The zero-order valence-electron chi connectivity index (χ0n) is 14.7. The van der Waals surface area contributed by atoms with Crippen LogP contribution in [0.15, 0.2) is 54.6 Å². The van der Waals surface area contributed by atoms with Gasteiger partial charge in [-0.3, -0.25) is 0 Å². The lowest BCUT2D eigenvalue weighted by atomic mass is 9.65. The van der Waals surface area contributed by atoms with Crippen LogP contribution in [0.5, 0.6) is 0 Å². The second-order valence-corrected chi connectivity index (χ2v) is 7.38. The fourth-order valence-electron chi connectivity index (χ4n) is 4.25. The van der Waals surface area contributed by atoms with E-state index in [4.69, 9.17) is 0 Å². The highest BCUT2D eigenvalue weighted by molar-refractivity contribution is 5.65. The minimum Gasteiger partial charge on any atom is -0.374 e. The Balaban J connectivity index is 2.00. The number of para-hydroxylation sites is 1. The topological polar surface area (TPSA) is 12.0 Å². The number of hydrogen-bond donors (Lipinski definition) is 1. The molecule has 1 aliphatic heterocycles. The molecular formula is C22H29N. The van der Waals surface area contributed by atoms with Crippen LogP contribution in [0.4, 0.5) is 5.69 Å². The van der Waals surface area contributed by atoms with E-state index in [2.05, 4.69) is 80.7 Å². The number of anilines is 1. The van der Waals surface area contributed by atoms with E-state index in [1.807, 2.05) is 0 Å². The highest BCUT2D eigenvalue weighted by Crippen LogP contribution is 2.54. The molecule has 122 valence electrons. The number of rotatable bonds is 6. The molecule has 1 aliphatic rings. The van der Waals surface area contributed by atoms with Crippen LogP contribution in [0.1, 0.15) is 64.0 Å². The van der Waals surface area contributed by atoms with Gasteiger partial charge in [0.25, 0.3) is 0 Å². The molecule has 0 amide bonds. The zero-order chi connectivity index (χ0) is 16.3. The van der Waals surface area contributed by atoms with Crippen LogP contribution in [0.25, 0.3) is 0 Å². The maximum absolute atomic E-state index is 3.93. The van der Waals surface area contributed by atoms with Crippen molar-refractivity contribution >= 4 is 5.69 Å². The van der Waals surface area contributed by atoms with Crippen molar-refractivity contribution in [3.8, 4) is 0 Å². The SMILES string of the molecule is CCCCCCC1(c2ccccc2)Nc2ccccc2C1(C)C. The van der Waals surface area contributed by atoms with Crippen molar-refractivity contribution in [2.45, 2.75) is 63.8 Å². The van der Waals surface area contributed by atoms with Gasteiger partial charge in [-0.25, -0.2) is 0 Å². The van der Waals surface area contributed by atoms with Gasteiger partial charge in [0.1, 0.15) is 0 Å². The summed E-state index contributed by atoms with van der Waals surface area (Å²) in [4.78, 5) is 0. The Labute approximate surface area is 141 Å². The first-order valence-electron chi connectivity index (χ1n) is 9.05. The van der Waals surface area contributed by atoms with Gasteiger partial charge in [0, 0.05) is 11.1 Å². The third kappa shape index (κ3) is 2.67. The van der Waals surface area contributed by atoms with Crippen LogP contribution < -0.4 is 5.32 Å². The van der Waals surface area contributed by atoms with E-state index in [0.29, 0.717) is 0 Å². The first-order chi connectivity index (χ1) is 11.1. The molecule has 1 heterocycles. The highest BCUT2D eigenvalue weighted by atomic mass is 15.0. The molecule has 0 fully saturated rings. The maximum Gasteiger partial charge on any atom is 0.0717 e. The number of hydrogen-bond acceptors (Lipinski definition) is 1. The standard InChI is InChI=1S/C22H29N/c1-4-5-6-12-17-22(18-13-8-7-9-14-18)21(2,3)19-15-10-11-16-20(19)23-22/h7-11,13-16,23H,4-6,12,17H2,1-3H3. The molecule has 1 atom stereocenters. The lowest BCUT2D eigenvalue weighted by molar-refractivity contribution is 0.280. The Morgan fingerprint density at radius 3 is 2.22 bits per heavy atom. The van der Waals surface area contributed by atoms with Crippen LogP contribution >= 0.6 is 0 Å². The summed E-state index contributed by atoms with van der Waals surface area (Å²) in [5, 5.41) is 3.93. The summed E-state index contributed by atoms with van der Waals surface area (Å²) in [7, 11) is 0. The number of benzene rings is 2. The molecule has 2 aromatic rings. The third-order valence-electron chi connectivity index (χ3n) is 5.69. The molecule has 0 spiro atoms. The van der Waals surface area contributed by atoms with E-state index < -0.39 is 0 Å². The average molecular weight is 307 g/mol. The van der Waals surface area contributed by atoms with Crippen molar-refractivity contribution in [1.29, 1.82) is 0 Å². The van der Waals surface area contributed by atoms with Crippen molar-refractivity contribution < 1.29 is 0 Å². The minimum atomic E-state index is -0.00825. The van der Waals surface area contributed by atoms with Crippen LogP contribution in [-0.4, -0.2) is 0 Å². The van der Waals surface area contributed by atoms with E-state index in [0.717, 1.165) is 0 Å². The summed E-state index contributed by atoms with van der Waals surface area (Å²) in [5.74, 6) is 0. The molecule has 0 aliphatic carbocycles. The summed E-state index contributed by atoms with van der Waals surface area (Å²) >= 11 is 0. The quantitative estimate of drug-likeness (QED) is 0.621. The van der Waals surface area contributed by atoms with Gasteiger partial charge in [-0.15, -0.1) is 0 Å². The molecule has 0 aromatic heterocycles. The lowest BCUT2D eigenvalue weighted by Gasteiger charge is -2.43. The summed E-state index contributed by atoms with van der Waals surface area (Å²) in [6, 6.07) is 19.9. The first kappa shape index (κ1) is 16.1. The average Bonchev–Trinajstić information content (AvgIpc) is 2.81. The summed E-state index contributed by atoms with van der Waals surface area (Å²) in [5.41, 5.74) is 4.23. The second kappa shape index (κ2) is 6.39. The molecule has 1 N–H and O–H groups in total. The largest absolute Gasteiger partial charge is 0.374 e. The third-order valence-corrected chi connectivity index (χ3v) is 5.69. The van der Waals surface area contributed by atoms with Gasteiger partial charge in [-0.05, 0) is 23.6 Å². The molecule has 1 nitrogen and oxygen atoms in total. The Hall–Kier alpha value is -1.76. The summed E-state index contributed by atoms with van der Waals surface area (Å²) in [6.45, 7) is 7.08. The molecule has 0 saturated carbocycles. The predicted octanol–water partition coefficient (Wildman–Crippen LogP) is 6.26. The normalized spacial score (nSPS) is 21.7. The van der Waals surface area contributed by atoms with Gasteiger partial charge >= 0.3 is 0 Å². The molecule has 0 saturated heterocycles. The van der Waals surface area contributed by atoms with E-state index in [1.54, 1.807) is 0 Å². The number of unbranched alkanes of at least 4 members (excludes halogenated alkanes) is 3.